The summed E-state index contributed by atoms with van der Waals surface area (Å²) in [5.41, 5.74) is 18.0. The molecular weight excluding hydrogens is 689 g/mol. The summed E-state index contributed by atoms with van der Waals surface area (Å²) in [6.07, 6.45) is 2.00. The van der Waals surface area contributed by atoms with Crippen LogP contribution in [-0.2, 0) is 5.41 Å². The molecule has 57 heavy (non-hydrogen) atoms. The average Bonchev–Trinajstić information content (AvgIpc) is 3.77. The highest BCUT2D eigenvalue weighted by Crippen LogP contribution is 2.62. The van der Waals surface area contributed by atoms with Crippen molar-refractivity contribution >= 4 is 33.0 Å². The number of nitrogens with one attached hydrogen (secondary N) is 1. The Labute approximate surface area is 332 Å². The van der Waals surface area contributed by atoms with Crippen molar-refractivity contribution in [2.75, 3.05) is 0 Å². The Morgan fingerprint density at radius 2 is 0.912 bits per heavy atom. The van der Waals surface area contributed by atoms with E-state index in [1.54, 1.807) is 0 Å². The molecule has 1 aliphatic heterocycles. The van der Waals surface area contributed by atoms with Gasteiger partial charge in [-0.05, 0) is 113 Å². The van der Waals surface area contributed by atoms with Gasteiger partial charge in [-0.15, -0.1) is 0 Å². The van der Waals surface area contributed by atoms with Gasteiger partial charge in [-0.3, -0.25) is 4.99 Å². The van der Waals surface area contributed by atoms with E-state index in [1.807, 2.05) is 0 Å². The molecule has 1 unspecified atom stereocenters. The Morgan fingerprint density at radius 3 is 1.61 bits per heavy atom. The molecule has 0 aromatic heterocycles. The van der Waals surface area contributed by atoms with Crippen LogP contribution in [0.3, 0.4) is 0 Å². The molecule has 12 rings (SSSR count). The zero-order valence-corrected chi connectivity index (χ0v) is 31.2. The molecule has 0 saturated heterocycles. The maximum Gasteiger partial charge on any atom is 0.145 e. The largest absolute Gasteiger partial charge is 0.360 e. The molecule has 0 bridgehead atoms. The summed E-state index contributed by atoms with van der Waals surface area (Å²) in [7, 11) is 0. The third-order valence-corrected chi connectivity index (χ3v) is 12.5. The minimum Gasteiger partial charge on any atom is -0.360 e. The van der Waals surface area contributed by atoms with Gasteiger partial charge in [-0.25, -0.2) is 0 Å². The normalized spacial score (nSPS) is 15.7. The van der Waals surface area contributed by atoms with Crippen molar-refractivity contribution in [2.24, 2.45) is 4.99 Å². The molecule has 0 radical (unpaired) electrons. The number of hydrogen-bond donors (Lipinski definition) is 1. The second kappa shape index (κ2) is 12.4. The molecule has 1 spiro atoms. The lowest BCUT2D eigenvalue weighted by Gasteiger charge is -2.30. The van der Waals surface area contributed by atoms with Crippen LogP contribution in [0.25, 0.3) is 60.6 Å². The first kappa shape index (κ1) is 32.0. The van der Waals surface area contributed by atoms with Crippen molar-refractivity contribution in [1.82, 2.24) is 5.32 Å². The van der Waals surface area contributed by atoms with Crippen molar-refractivity contribution in [3.05, 3.63) is 245 Å². The lowest BCUT2D eigenvalue weighted by molar-refractivity contribution is 0.664. The van der Waals surface area contributed by atoms with Crippen LogP contribution in [0.4, 0.5) is 0 Å². The molecule has 266 valence electrons. The quantitative estimate of drug-likeness (QED) is 0.176. The molecule has 9 aromatic rings. The van der Waals surface area contributed by atoms with E-state index in [1.165, 1.54) is 71.6 Å². The van der Waals surface area contributed by atoms with Crippen LogP contribution in [0.1, 0.15) is 45.1 Å². The Hall–Kier alpha value is -7.29. The molecule has 2 heteroatoms. The van der Waals surface area contributed by atoms with Crippen molar-refractivity contribution in [3.63, 3.8) is 0 Å². The SMILES string of the molecule is C1=C(c2ccccc2)NC(c2ccccc2)N=C1c1cccc(-c2cccc(-c3ccc4c(c3)-c3ccccc3C43c4cccc5ccc6cccc3c6c45)c2)c1. The van der Waals surface area contributed by atoms with Crippen LogP contribution in [-0.4, -0.2) is 5.71 Å². The van der Waals surface area contributed by atoms with E-state index in [0.29, 0.717) is 0 Å². The number of nitrogens with zero attached hydrogens (tertiary/aromatic N) is 1. The molecule has 9 aromatic carbocycles. The van der Waals surface area contributed by atoms with E-state index in [-0.39, 0.29) is 11.6 Å². The summed E-state index contributed by atoms with van der Waals surface area (Å²) in [4.78, 5) is 5.25. The van der Waals surface area contributed by atoms with E-state index in [0.717, 1.165) is 33.7 Å². The van der Waals surface area contributed by atoms with Gasteiger partial charge in [0.2, 0.25) is 0 Å². The molecule has 0 amide bonds. The summed E-state index contributed by atoms with van der Waals surface area (Å²) in [6, 6.07) is 73.4. The minimum absolute atomic E-state index is 0.184. The van der Waals surface area contributed by atoms with Crippen LogP contribution in [0.15, 0.2) is 211 Å². The maximum atomic E-state index is 5.25. The van der Waals surface area contributed by atoms with Crippen LogP contribution >= 0.6 is 0 Å². The van der Waals surface area contributed by atoms with Gasteiger partial charge in [0.15, 0.2) is 0 Å². The molecule has 2 nitrogen and oxygen atoms in total. The Kier molecular flexibility index (Phi) is 6.94. The number of allylic oxidation sites excluding steroid dienone is 1. The second-order valence-corrected chi connectivity index (χ2v) is 15.5. The topological polar surface area (TPSA) is 24.4 Å². The highest BCUT2D eigenvalue weighted by atomic mass is 15.1. The van der Waals surface area contributed by atoms with Crippen LogP contribution < -0.4 is 5.32 Å². The third kappa shape index (κ3) is 4.74. The van der Waals surface area contributed by atoms with Crippen molar-refractivity contribution in [2.45, 2.75) is 11.6 Å². The summed E-state index contributed by atoms with van der Waals surface area (Å²) in [5.74, 6) is 0. The van der Waals surface area contributed by atoms with Gasteiger partial charge in [0, 0.05) is 11.3 Å². The standard InChI is InChI=1S/C55H36N2/c1-3-13-35(14-4-1)50-34-51(57-54(56-50)38-15-5-2-6-16-38)43-22-10-21-41(32-43)39-19-9-20-40(31-39)42-29-30-47-45(33-42)44-23-7-8-24-46(44)55(47)48-25-11-17-36-27-28-37-18-12-26-49(55)53(37)52(36)48/h1-34,54,56H. The van der Waals surface area contributed by atoms with Gasteiger partial charge in [0.25, 0.3) is 0 Å². The minimum atomic E-state index is -0.346. The molecule has 2 aliphatic carbocycles. The van der Waals surface area contributed by atoms with Gasteiger partial charge in [0.1, 0.15) is 6.17 Å². The van der Waals surface area contributed by atoms with Crippen LogP contribution in [0.5, 0.6) is 0 Å². The molecule has 0 fully saturated rings. The summed E-state index contributed by atoms with van der Waals surface area (Å²) < 4.78 is 0. The average molecular weight is 725 g/mol. The zero-order valence-electron chi connectivity index (χ0n) is 31.2. The van der Waals surface area contributed by atoms with Gasteiger partial charge in [-0.2, -0.15) is 0 Å². The Morgan fingerprint density at radius 1 is 0.386 bits per heavy atom. The number of rotatable bonds is 5. The summed E-state index contributed by atoms with van der Waals surface area (Å²) in [6.45, 7) is 0. The first-order valence-electron chi connectivity index (χ1n) is 19.8. The highest BCUT2D eigenvalue weighted by molar-refractivity contribution is 6.17. The number of benzene rings is 9. The molecular formula is C55H36N2. The number of hydrogen-bond acceptors (Lipinski definition) is 2. The van der Waals surface area contributed by atoms with E-state index >= 15 is 0 Å². The third-order valence-electron chi connectivity index (χ3n) is 12.5. The zero-order chi connectivity index (χ0) is 37.5. The van der Waals surface area contributed by atoms with Crippen LogP contribution in [0.2, 0.25) is 0 Å². The first-order chi connectivity index (χ1) is 28.2. The Balaban J connectivity index is 0.953. The lowest BCUT2D eigenvalue weighted by Crippen LogP contribution is -2.26. The summed E-state index contributed by atoms with van der Waals surface area (Å²) in [5, 5.41) is 9.09. The van der Waals surface area contributed by atoms with E-state index in [9.17, 15) is 0 Å². The van der Waals surface area contributed by atoms with E-state index < -0.39 is 0 Å². The van der Waals surface area contributed by atoms with Gasteiger partial charge in [-0.1, -0.05) is 182 Å². The molecule has 1 N–H and O–H groups in total. The fraction of sp³-hybridized carbons (Fsp3) is 0.0364. The van der Waals surface area contributed by atoms with Crippen molar-refractivity contribution in [3.8, 4) is 33.4 Å². The smallest absolute Gasteiger partial charge is 0.145 e. The predicted molar refractivity (Wildman–Crippen MR) is 236 cm³/mol. The maximum absolute atomic E-state index is 5.25. The lowest BCUT2D eigenvalue weighted by atomic mass is 9.70. The molecule has 1 atom stereocenters. The van der Waals surface area contributed by atoms with Gasteiger partial charge in [0.05, 0.1) is 11.1 Å². The fourth-order valence-corrected chi connectivity index (χ4v) is 9.98. The first-order valence-corrected chi connectivity index (χ1v) is 19.8. The monoisotopic (exact) mass is 724 g/mol. The number of aliphatic imine (C=N–C) groups is 1. The van der Waals surface area contributed by atoms with Gasteiger partial charge >= 0.3 is 0 Å². The number of fused-ring (bicyclic) bond motifs is 7. The molecule has 0 saturated carbocycles. The molecule has 3 aliphatic rings. The van der Waals surface area contributed by atoms with Gasteiger partial charge < -0.3 is 5.32 Å². The fourth-order valence-electron chi connectivity index (χ4n) is 9.98. The van der Waals surface area contributed by atoms with Crippen LogP contribution in [0, 0.1) is 0 Å². The summed E-state index contributed by atoms with van der Waals surface area (Å²) >= 11 is 0. The van der Waals surface area contributed by atoms with Crippen molar-refractivity contribution < 1.29 is 0 Å². The van der Waals surface area contributed by atoms with E-state index in [4.69, 9.17) is 4.99 Å². The second-order valence-electron chi connectivity index (χ2n) is 15.5. The predicted octanol–water partition coefficient (Wildman–Crippen LogP) is 13.1. The molecule has 1 heterocycles. The van der Waals surface area contributed by atoms with Crippen molar-refractivity contribution in [1.29, 1.82) is 0 Å². The Bertz CT molecular complexity index is 3090. The van der Waals surface area contributed by atoms with E-state index in [2.05, 4.69) is 212 Å². The highest BCUT2D eigenvalue weighted by Gasteiger charge is 2.50.